The second kappa shape index (κ2) is 1.94. The fourth-order valence-electron chi connectivity index (χ4n) is 2.02. The Morgan fingerprint density at radius 3 is 2.89 bits per heavy atom. The number of nitrogens with zero attached hydrogens (tertiary/aromatic N) is 1. The molecule has 9 heavy (non-hydrogen) atoms. The Labute approximate surface area is 54.8 Å². The monoisotopic (exact) mass is 129 g/mol. The third kappa shape index (κ3) is 0.767. The van der Waals surface area contributed by atoms with E-state index in [0.29, 0.717) is 6.04 Å². The van der Waals surface area contributed by atoms with Gasteiger partial charge in [0.05, 0.1) is 0 Å². The van der Waals surface area contributed by atoms with Crippen LogP contribution in [0.25, 0.3) is 0 Å². The molecule has 2 saturated heterocycles. The van der Waals surface area contributed by atoms with Gasteiger partial charge in [0.15, 0.2) is 0 Å². The summed E-state index contributed by atoms with van der Waals surface area (Å²) in [6, 6.07) is 0.310. The summed E-state index contributed by atoms with van der Waals surface area (Å²) >= 11 is 0. The fourth-order valence-corrected chi connectivity index (χ4v) is 2.02. The first-order valence-corrected chi connectivity index (χ1v) is 3.76. The van der Waals surface area contributed by atoms with Crippen LogP contribution in [0, 0.1) is 0 Å². The predicted molar refractivity (Wildman–Crippen MR) is 34.1 cm³/mol. The Morgan fingerprint density at radius 2 is 2.11 bits per heavy atom. The maximum atomic E-state index is 12.8. The molecule has 52 valence electrons. The van der Waals surface area contributed by atoms with Gasteiger partial charge in [-0.25, -0.2) is 4.39 Å². The van der Waals surface area contributed by atoms with Crippen LogP contribution in [0.3, 0.4) is 0 Å². The summed E-state index contributed by atoms with van der Waals surface area (Å²) < 4.78 is 12.8. The maximum absolute atomic E-state index is 12.8. The molecule has 0 saturated carbocycles. The fraction of sp³-hybridized carbons (Fsp3) is 1.00. The molecule has 2 heterocycles. The van der Waals surface area contributed by atoms with Crippen molar-refractivity contribution in [3.8, 4) is 0 Å². The third-order valence-electron chi connectivity index (χ3n) is 2.52. The van der Waals surface area contributed by atoms with Crippen molar-refractivity contribution >= 4 is 0 Å². The first-order valence-electron chi connectivity index (χ1n) is 3.76. The number of hydrogen-bond acceptors (Lipinski definition) is 1. The first-order chi connectivity index (χ1) is 4.38. The molecule has 2 aliphatic heterocycles. The molecule has 0 aromatic heterocycles. The van der Waals surface area contributed by atoms with Crippen molar-refractivity contribution in [2.45, 2.75) is 31.5 Å². The van der Waals surface area contributed by atoms with Crippen molar-refractivity contribution in [2.24, 2.45) is 0 Å². The van der Waals surface area contributed by atoms with Gasteiger partial charge in [-0.2, -0.15) is 0 Å². The Morgan fingerprint density at radius 1 is 1.22 bits per heavy atom. The van der Waals surface area contributed by atoms with E-state index in [1.165, 1.54) is 6.42 Å². The van der Waals surface area contributed by atoms with Gasteiger partial charge in [-0.1, -0.05) is 0 Å². The molecular formula is C7H12FN. The molecule has 0 aromatic rings. The lowest BCUT2D eigenvalue weighted by atomic mass is 10.1. The van der Waals surface area contributed by atoms with Gasteiger partial charge < -0.3 is 0 Å². The number of rotatable bonds is 0. The van der Waals surface area contributed by atoms with Gasteiger partial charge in [0.2, 0.25) is 0 Å². The summed E-state index contributed by atoms with van der Waals surface area (Å²) in [5.74, 6) is 0. The highest BCUT2D eigenvalue weighted by atomic mass is 19.1. The summed E-state index contributed by atoms with van der Waals surface area (Å²) in [5, 5.41) is 0. The summed E-state index contributed by atoms with van der Waals surface area (Å²) in [6.45, 7) is 2.15. The van der Waals surface area contributed by atoms with Crippen LogP contribution < -0.4 is 0 Å². The molecule has 2 heteroatoms. The molecular weight excluding hydrogens is 117 g/mol. The minimum Gasteiger partial charge on any atom is -0.297 e. The molecule has 2 unspecified atom stereocenters. The Hall–Kier alpha value is -0.110. The van der Waals surface area contributed by atoms with Crippen LogP contribution in [0.4, 0.5) is 4.39 Å². The van der Waals surface area contributed by atoms with Crippen LogP contribution in [-0.2, 0) is 0 Å². The molecule has 0 amide bonds. The van der Waals surface area contributed by atoms with Gasteiger partial charge in [0.25, 0.3) is 0 Å². The zero-order chi connectivity index (χ0) is 6.27. The zero-order valence-electron chi connectivity index (χ0n) is 5.52. The summed E-state index contributed by atoms with van der Waals surface area (Å²) in [4.78, 5) is 2.28. The van der Waals surface area contributed by atoms with E-state index in [9.17, 15) is 4.39 Å². The van der Waals surface area contributed by atoms with Crippen molar-refractivity contribution in [3.05, 3.63) is 0 Å². The van der Waals surface area contributed by atoms with Crippen LogP contribution in [0.15, 0.2) is 0 Å². The van der Waals surface area contributed by atoms with E-state index < -0.39 is 6.17 Å². The Bertz CT molecular complexity index is 115. The van der Waals surface area contributed by atoms with Crippen molar-refractivity contribution in [1.82, 2.24) is 4.90 Å². The van der Waals surface area contributed by atoms with Crippen molar-refractivity contribution in [1.29, 1.82) is 0 Å². The Balaban J connectivity index is 2.07. The molecule has 2 fully saturated rings. The number of hydrogen-bond donors (Lipinski definition) is 0. The highest BCUT2D eigenvalue weighted by Crippen LogP contribution is 2.29. The lowest BCUT2D eigenvalue weighted by Gasteiger charge is -2.13. The van der Waals surface area contributed by atoms with Crippen LogP contribution in [0.5, 0.6) is 0 Å². The predicted octanol–water partition coefficient (Wildman–Crippen LogP) is 1.19. The van der Waals surface area contributed by atoms with Crippen LogP contribution in [0.1, 0.15) is 19.3 Å². The van der Waals surface area contributed by atoms with Crippen molar-refractivity contribution < 1.29 is 4.39 Å². The molecule has 0 aliphatic carbocycles. The van der Waals surface area contributed by atoms with Crippen molar-refractivity contribution in [2.75, 3.05) is 13.1 Å². The largest absolute Gasteiger partial charge is 0.297 e. The van der Waals surface area contributed by atoms with E-state index in [4.69, 9.17) is 0 Å². The highest BCUT2D eigenvalue weighted by molar-refractivity contribution is 4.91. The minimum absolute atomic E-state index is 0.310. The van der Waals surface area contributed by atoms with Gasteiger partial charge in [-0.05, 0) is 25.8 Å². The first kappa shape index (κ1) is 5.66. The van der Waals surface area contributed by atoms with Gasteiger partial charge in [-0.15, -0.1) is 0 Å². The van der Waals surface area contributed by atoms with E-state index in [-0.39, 0.29) is 0 Å². The van der Waals surface area contributed by atoms with Gasteiger partial charge >= 0.3 is 0 Å². The van der Waals surface area contributed by atoms with E-state index in [2.05, 4.69) is 4.90 Å². The molecule has 2 aliphatic rings. The molecule has 0 N–H and O–H groups in total. The summed E-state index contributed by atoms with van der Waals surface area (Å²) in [6.07, 6.45) is 2.59. The normalized spacial score (nSPS) is 43.7. The van der Waals surface area contributed by atoms with Crippen LogP contribution in [0.2, 0.25) is 0 Å². The molecule has 0 bridgehead atoms. The number of fused-ring (bicyclic) bond motifs is 1. The highest BCUT2D eigenvalue weighted by Gasteiger charge is 2.36. The topological polar surface area (TPSA) is 3.24 Å². The zero-order valence-corrected chi connectivity index (χ0v) is 5.52. The molecule has 0 spiro atoms. The maximum Gasteiger partial charge on any atom is 0.117 e. The standard InChI is InChI=1S/C7H12FN/c8-6-3-5-9-4-1-2-7(6)9/h6-7H,1-5H2. The van der Waals surface area contributed by atoms with Crippen molar-refractivity contribution in [3.63, 3.8) is 0 Å². The minimum atomic E-state index is -0.507. The summed E-state index contributed by atoms with van der Waals surface area (Å²) in [5.41, 5.74) is 0. The third-order valence-corrected chi connectivity index (χ3v) is 2.52. The second-order valence-corrected chi connectivity index (χ2v) is 3.05. The van der Waals surface area contributed by atoms with Crippen LogP contribution in [-0.4, -0.2) is 30.2 Å². The molecule has 0 radical (unpaired) electrons. The summed E-state index contributed by atoms with van der Waals surface area (Å²) in [7, 11) is 0. The van der Waals surface area contributed by atoms with E-state index in [1.807, 2.05) is 0 Å². The lowest BCUT2D eigenvalue weighted by Crippen LogP contribution is -2.26. The van der Waals surface area contributed by atoms with Gasteiger partial charge in [-0.3, -0.25) is 4.90 Å². The smallest absolute Gasteiger partial charge is 0.117 e. The average Bonchev–Trinajstić information content (AvgIpc) is 2.35. The SMILES string of the molecule is FC1CCN2CCCC12. The van der Waals surface area contributed by atoms with Crippen LogP contribution >= 0.6 is 0 Å². The Kier molecular flexibility index (Phi) is 1.22. The van der Waals surface area contributed by atoms with Gasteiger partial charge in [0.1, 0.15) is 6.17 Å². The quantitative estimate of drug-likeness (QED) is 0.475. The molecule has 2 rings (SSSR count). The molecule has 0 aromatic carbocycles. The number of alkyl halides is 1. The van der Waals surface area contributed by atoms with E-state index in [1.54, 1.807) is 0 Å². The number of halogens is 1. The second-order valence-electron chi connectivity index (χ2n) is 3.05. The molecule has 2 atom stereocenters. The molecule has 1 nitrogen and oxygen atoms in total. The average molecular weight is 129 g/mol. The van der Waals surface area contributed by atoms with E-state index in [0.717, 1.165) is 25.9 Å². The van der Waals surface area contributed by atoms with E-state index >= 15 is 0 Å². The van der Waals surface area contributed by atoms with Gasteiger partial charge in [0, 0.05) is 12.6 Å². The lowest BCUT2D eigenvalue weighted by molar-refractivity contribution is 0.239.